The van der Waals surface area contributed by atoms with Crippen LogP contribution in [-0.2, 0) is 9.59 Å². The van der Waals surface area contributed by atoms with Gasteiger partial charge in [-0.05, 0) is 36.1 Å². The average molecular weight is 356 g/mol. The van der Waals surface area contributed by atoms with Crippen LogP contribution in [0, 0.1) is 23.2 Å². The summed E-state index contributed by atoms with van der Waals surface area (Å²) >= 11 is 0. The number of carbonyl (C=O) groups is 2. The molecule has 0 saturated heterocycles. The van der Waals surface area contributed by atoms with Crippen molar-refractivity contribution >= 4 is 23.2 Å². The number of amides is 2. The minimum absolute atomic E-state index is 0.0710. The molecule has 0 radical (unpaired) electrons. The van der Waals surface area contributed by atoms with Crippen LogP contribution in [0.15, 0.2) is 36.0 Å². The first-order valence-corrected chi connectivity index (χ1v) is 8.72. The van der Waals surface area contributed by atoms with E-state index in [1.165, 1.54) is 6.92 Å². The molecule has 0 aliphatic rings. The number of carbonyl (C=O) groups excluding carboxylic acids is 2. The summed E-state index contributed by atoms with van der Waals surface area (Å²) in [6.07, 6.45) is 1.57. The van der Waals surface area contributed by atoms with E-state index < -0.39 is 11.8 Å². The Bertz CT molecular complexity index is 690. The molecule has 0 heterocycles. The Morgan fingerprint density at radius 3 is 2.00 bits per heavy atom. The lowest BCUT2D eigenvalue weighted by atomic mass is 10.1. The SMILES string of the molecule is CC(=O)N(C(=O)/C(C#N)=C\N(CC(C)C)CC(C)C)c1ccc(N)cc1. The number of hydrogen-bond donors (Lipinski definition) is 1. The molecular formula is C20H28N4O2. The Morgan fingerprint density at radius 2 is 1.62 bits per heavy atom. The van der Waals surface area contributed by atoms with Gasteiger partial charge < -0.3 is 10.6 Å². The van der Waals surface area contributed by atoms with Crippen molar-refractivity contribution in [3.05, 3.63) is 36.0 Å². The molecule has 0 bridgehead atoms. The van der Waals surface area contributed by atoms with Gasteiger partial charge in [0.15, 0.2) is 0 Å². The summed E-state index contributed by atoms with van der Waals surface area (Å²) in [7, 11) is 0. The van der Waals surface area contributed by atoms with Gasteiger partial charge in [-0.3, -0.25) is 9.59 Å². The second-order valence-electron chi connectivity index (χ2n) is 7.15. The lowest BCUT2D eigenvalue weighted by Gasteiger charge is -2.26. The van der Waals surface area contributed by atoms with Gasteiger partial charge in [0.1, 0.15) is 11.6 Å². The first-order valence-electron chi connectivity index (χ1n) is 8.72. The number of nitrogen functional groups attached to an aromatic ring is 1. The van der Waals surface area contributed by atoms with E-state index in [0.29, 0.717) is 23.2 Å². The molecule has 0 saturated carbocycles. The van der Waals surface area contributed by atoms with Gasteiger partial charge in [0.25, 0.3) is 5.91 Å². The first-order chi connectivity index (χ1) is 12.1. The van der Waals surface area contributed by atoms with E-state index in [9.17, 15) is 14.9 Å². The van der Waals surface area contributed by atoms with Crippen molar-refractivity contribution in [3.8, 4) is 6.07 Å². The second-order valence-corrected chi connectivity index (χ2v) is 7.15. The van der Waals surface area contributed by atoms with E-state index in [1.807, 2.05) is 11.0 Å². The molecule has 0 unspecified atom stereocenters. The number of imide groups is 1. The van der Waals surface area contributed by atoms with Crippen LogP contribution in [0.2, 0.25) is 0 Å². The second kappa shape index (κ2) is 9.62. The van der Waals surface area contributed by atoms with Gasteiger partial charge in [0.2, 0.25) is 5.91 Å². The van der Waals surface area contributed by atoms with Gasteiger partial charge in [0, 0.05) is 31.9 Å². The Labute approximate surface area is 155 Å². The number of nitrogens with zero attached hydrogens (tertiary/aromatic N) is 3. The van der Waals surface area contributed by atoms with Crippen LogP contribution in [0.1, 0.15) is 34.6 Å². The molecule has 6 nitrogen and oxygen atoms in total. The van der Waals surface area contributed by atoms with Crippen molar-refractivity contribution in [2.45, 2.75) is 34.6 Å². The van der Waals surface area contributed by atoms with Crippen molar-refractivity contribution in [3.63, 3.8) is 0 Å². The molecule has 2 N–H and O–H groups in total. The van der Waals surface area contributed by atoms with Crippen LogP contribution in [0.3, 0.4) is 0 Å². The molecule has 1 aromatic carbocycles. The Morgan fingerprint density at radius 1 is 1.12 bits per heavy atom. The maximum absolute atomic E-state index is 12.9. The van der Waals surface area contributed by atoms with Crippen LogP contribution in [0.4, 0.5) is 11.4 Å². The highest BCUT2D eigenvalue weighted by Crippen LogP contribution is 2.19. The predicted molar refractivity (Wildman–Crippen MR) is 104 cm³/mol. The Kier molecular flexibility index (Phi) is 7.85. The Hall–Kier alpha value is -2.81. The van der Waals surface area contributed by atoms with Gasteiger partial charge in [-0.1, -0.05) is 27.7 Å². The summed E-state index contributed by atoms with van der Waals surface area (Å²) in [5.41, 5.74) is 6.51. The molecule has 0 aliphatic carbocycles. The van der Waals surface area contributed by atoms with E-state index in [2.05, 4.69) is 27.7 Å². The summed E-state index contributed by atoms with van der Waals surface area (Å²) < 4.78 is 0. The van der Waals surface area contributed by atoms with Crippen LogP contribution < -0.4 is 10.6 Å². The van der Waals surface area contributed by atoms with Crippen LogP contribution >= 0.6 is 0 Å². The van der Waals surface area contributed by atoms with Crippen molar-refractivity contribution in [2.24, 2.45) is 11.8 Å². The molecule has 6 heteroatoms. The van der Waals surface area contributed by atoms with Gasteiger partial charge in [-0.2, -0.15) is 5.26 Å². The lowest BCUT2D eigenvalue weighted by Crippen LogP contribution is -2.37. The normalized spacial score (nSPS) is 11.4. The molecule has 1 aromatic rings. The molecule has 0 spiro atoms. The number of nitriles is 1. The highest BCUT2D eigenvalue weighted by Gasteiger charge is 2.24. The molecule has 0 aliphatic heterocycles. The van der Waals surface area contributed by atoms with E-state index in [1.54, 1.807) is 30.5 Å². The summed E-state index contributed by atoms with van der Waals surface area (Å²) in [6.45, 7) is 11.0. The largest absolute Gasteiger partial charge is 0.399 e. The topological polar surface area (TPSA) is 90.4 Å². The fraction of sp³-hybridized carbons (Fsp3) is 0.450. The van der Waals surface area contributed by atoms with E-state index in [0.717, 1.165) is 18.0 Å². The zero-order valence-corrected chi connectivity index (χ0v) is 16.2. The molecule has 0 fully saturated rings. The van der Waals surface area contributed by atoms with E-state index >= 15 is 0 Å². The monoisotopic (exact) mass is 356 g/mol. The maximum Gasteiger partial charge on any atom is 0.277 e. The van der Waals surface area contributed by atoms with Gasteiger partial charge >= 0.3 is 0 Å². The first kappa shape index (κ1) is 21.2. The van der Waals surface area contributed by atoms with Crippen LogP contribution in [0.5, 0.6) is 0 Å². The number of benzene rings is 1. The summed E-state index contributed by atoms with van der Waals surface area (Å²) in [4.78, 5) is 27.9. The number of anilines is 2. The highest BCUT2D eigenvalue weighted by molar-refractivity contribution is 6.21. The quantitative estimate of drug-likeness (QED) is 0.460. The Balaban J connectivity index is 3.22. The van der Waals surface area contributed by atoms with E-state index in [-0.39, 0.29) is 5.57 Å². The molecule has 0 aromatic heterocycles. The van der Waals surface area contributed by atoms with Crippen LogP contribution in [0.25, 0.3) is 0 Å². The smallest absolute Gasteiger partial charge is 0.277 e. The zero-order chi connectivity index (χ0) is 19.9. The van der Waals surface area contributed by atoms with Gasteiger partial charge in [-0.25, -0.2) is 4.90 Å². The number of rotatable bonds is 7. The minimum Gasteiger partial charge on any atom is -0.399 e. The summed E-state index contributed by atoms with van der Waals surface area (Å²) in [5.74, 6) is -0.343. The molecular weight excluding hydrogens is 328 g/mol. The number of hydrogen-bond acceptors (Lipinski definition) is 5. The summed E-state index contributed by atoms with van der Waals surface area (Å²) in [5, 5.41) is 9.51. The van der Waals surface area contributed by atoms with E-state index in [4.69, 9.17) is 5.73 Å². The van der Waals surface area contributed by atoms with Crippen molar-refractivity contribution in [1.82, 2.24) is 4.90 Å². The highest BCUT2D eigenvalue weighted by atomic mass is 16.2. The van der Waals surface area contributed by atoms with Crippen molar-refractivity contribution in [2.75, 3.05) is 23.7 Å². The molecule has 2 amide bonds. The lowest BCUT2D eigenvalue weighted by molar-refractivity contribution is -0.123. The van der Waals surface area contributed by atoms with Crippen molar-refractivity contribution in [1.29, 1.82) is 5.26 Å². The van der Waals surface area contributed by atoms with Gasteiger partial charge in [-0.15, -0.1) is 0 Å². The third-order valence-corrected chi connectivity index (χ3v) is 3.53. The fourth-order valence-corrected chi connectivity index (χ4v) is 2.62. The van der Waals surface area contributed by atoms with Gasteiger partial charge in [0.05, 0.1) is 5.69 Å². The molecule has 0 atom stereocenters. The maximum atomic E-state index is 12.9. The zero-order valence-electron chi connectivity index (χ0n) is 16.2. The predicted octanol–water partition coefficient (Wildman–Crippen LogP) is 3.17. The van der Waals surface area contributed by atoms with Crippen molar-refractivity contribution < 1.29 is 9.59 Å². The number of nitrogens with two attached hydrogens (primary N) is 1. The minimum atomic E-state index is -0.637. The molecule has 140 valence electrons. The molecule has 26 heavy (non-hydrogen) atoms. The molecule has 1 rings (SSSR count). The van der Waals surface area contributed by atoms with Crippen LogP contribution in [-0.4, -0.2) is 29.8 Å². The standard InChI is InChI=1S/C20H28N4O2/c1-14(2)11-23(12-15(3)4)13-17(10-21)20(26)24(16(5)25)19-8-6-18(22)7-9-19/h6-9,13-15H,11-12,22H2,1-5H3/b17-13-. The third-order valence-electron chi connectivity index (χ3n) is 3.53. The fourth-order valence-electron chi connectivity index (χ4n) is 2.62. The average Bonchev–Trinajstić information content (AvgIpc) is 2.52. The summed E-state index contributed by atoms with van der Waals surface area (Å²) in [6, 6.07) is 8.34. The third kappa shape index (κ3) is 6.25.